The largest absolute Gasteiger partial charge is 0.496 e. The van der Waals surface area contributed by atoms with Crippen molar-refractivity contribution >= 4 is 44.9 Å². The standard InChI is InChI=1S/C21H19BrN2O5S/c1-27-17-7-4-13(10-15(17)19-8-5-14(11-25)29-19)23-21(30)24-20(26)16-9-12(22)3-6-18(16)28-2/h3-10,25H,11H2,1-2H3,(H2,23,24,26,30). The van der Waals surface area contributed by atoms with Crippen LogP contribution in [0.25, 0.3) is 11.3 Å². The van der Waals surface area contributed by atoms with Crippen LogP contribution in [0.3, 0.4) is 0 Å². The molecule has 9 heteroatoms. The predicted octanol–water partition coefficient (Wildman–Crippen LogP) is 4.35. The number of thiocarbonyl (C=S) groups is 1. The Bertz CT molecular complexity index is 1080. The summed E-state index contributed by atoms with van der Waals surface area (Å²) < 4.78 is 17.0. The first-order valence-corrected chi connectivity index (χ1v) is 9.99. The fourth-order valence-electron chi connectivity index (χ4n) is 2.78. The number of aliphatic hydroxyl groups is 1. The molecule has 0 unspecified atom stereocenters. The molecule has 0 atom stereocenters. The summed E-state index contributed by atoms with van der Waals surface area (Å²) in [5, 5.41) is 15.0. The highest BCUT2D eigenvalue weighted by atomic mass is 79.9. The summed E-state index contributed by atoms with van der Waals surface area (Å²) in [6, 6.07) is 13.8. The number of aliphatic hydroxyl groups excluding tert-OH is 1. The molecule has 3 N–H and O–H groups in total. The molecule has 0 saturated carbocycles. The number of carbonyl (C=O) groups excluding carboxylic acids is 1. The molecule has 0 aliphatic rings. The predicted molar refractivity (Wildman–Crippen MR) is 121 cm³/mol. The van der Waals surface area contributed by atoms with Gasteiger partial charge in [-0.25, -0.2) is 0 Å². The molecule has 3 aromatic rings. The molecule has 3 rings (SSSR count). The summed E-state index contributed by atoms with van der Waals surface area (Å²) in [4.78, 5) is 12.6. The maximum Gasteiger partial charge on any atom is 0.261 e. The molecule has 0 aliphatic heterocycles. The summed E-state index contributed by atoms with van der Waals surface area (Å²) in [5.74, 6) is 1.60. The average molecular weight is 491 g/mol. The van der Waals surface area contributed by atoms with E-state index in [-0.39, 0.29) is 11.7 Å². The second kappa shape index (κ2) is 9.75. The molecule has 0 spiro atoms. The molecule has 1 amide bonds. The second-order valence-corrected chi connectivity index (χ2v) is 7.42. The number of hydrogen-bond donors (Lipinski definition) is 3. The van der Waals surface area contributed by atoms with Crippen molar-refractivity contribution in [2.24, 2.45) is 0 Å². The number of hydrogen-bond acceptors (Lipinski definition) is 6. The fraction of sp³-hybridized carbons (Fsp3) is 0.143. The zero-order chi connectivity index (χ0) is 21.7. The van der Waals surface area contributed by atoms with Gasteiger partial charge in [0.2, 0.25) is 0 Å². The Morgan fingerprint density at radius 2 is 1.83 bits per heavy atom. The summed E-state index contributed by atoms with van der Waals surface area (Å²) >= 11 is 8.63. The number of nitrogens with one attached hydrogen (secondary N) is 2. The van der Waals surface area contributed by atoms with Gasteiger partial charge in [0.15, 0.2) is 5.11 Å². The Balaban J connectivity index is 1.77. The molecule has 0 aliphatic carbocycles. The Hall–Kier alpha value is -2.88. The van der Waals surface area contributed by atoms with Gasteiger partial charge in [0, 0.05) is 10.2 Å². The monoisotopic (exact) mass is 490 g/mol. The molecule has 156 valence electrons. The summed E-state index contributed by atoms with van der Waals surface area (Å²) in [5.41, 5.74) is 1.64. The third kappa shape index (κ3) is 4.99. The number of amides is 1. The number of methoxy groups -OCH3 is 2. The first-order valence-electron chi connectivity index (χ1n) is 8.79. The number of anilines is 1. The maximum atomic E-state index is 12.6. The van der Waals surface area contributed by atoms with Crippen molar-refractivity contribution in [2.45, 2.75) is 6.61 Å². The van der Waals surface area contributed by atoms with Crippen LogP contribution in [0.5, 0.6) is 11.5 Å². The molecule has 7 nitrogen and oxygen atoms in total. The van der Waals surface area contributed by atoms with E-state index in [2.05, 4.69) is 26.6 Å². The van der Waals surface area contributed by atoms with Crippen LogP contribution in [0.4, 0.5) is 5.69 Å². The van der Waals surface area contributed by atoms with Gasteiger partial charge in [-0.2, -0.15) is 0 Å². The van der Waals surface area contributed by atoms with Crippen LogP contribution in [0.1, 0.15) is 16.1 Å². The fourth-order valence-corrected chi connectivity index (χ4v) is 3.35. The van der Waals surface area contributed by atoms with Crippen molar-refractivity contribution < 1.29 is 23.8 Å². The van der Waals surface area contributed by atoms with Crippen molar-refractivity contribution in [3.05, 3.63) is 64.3 Å². The zero-order valence-corrected chi connectivity index (χ0v) is 18.6. The van der Waals surface area contributed by atoms with E-state index >= 15 is 0 Å². The number of rotatable bonds is 6. The lowest BCUT2D eigenvalue weighted by Crippen LogP contribution is -2.34. The summed E-state index contributed by atoms with van der Waals surface area (Å²) in [7, 11) is 3.05. The van der Waals surface area contributed by atoms with E-state index in [9.17, 15) is 9.90 Å². The van der Waals surface area contributed by atoms with Gasteiger partial charge < -0.3 is 24.3 Å². The third-order valence-corrected chi connectivity index (χ3v) is 4.87. The Kier molecular flexibility index (Phi) is 7.09. The lowest BCUT2D eigenvalue weighted by atomic mass is 10.1. The van der Waals surface area contributed by atoms with E-state index in [0.29, 0.717) is 39.8 Å². The highest BCUT2D eigenvalue weighted by molar-refractivity contribution is 9.10. The van der Waals surface area contributed by atoms with Gasteiger partial charge in [0.05, 0.1) is 25.3 Å². The molecular formula is C21H19BrN2O5S. The minimum Gasteiger partial charge on any atom is -0.496 e. The third-order valence-electron chi connectivity index (χ3n) is 4.17. The van der Waals surface area contributed by atoms with E-state index in [1.807, 2.05) is 0 Å². The van der Waals surface area contributed by atoms with Gasteiger partial charge >= 0.3 is 0 Å². The SMILES string of the molecule is COc1ccc(Br)cc1C(=O)NC(=S)Nc1ccc(OC)c(-c2ccc(CO)o2)c1. The van der Waals surface area contributed by atoms with Crippen molar-refractivity contribution in [1.29, 1.82) is 0 Å². The van der Waals surface area contributed by atoms with Gasteiger partial charge in [-0.1, -0.05) is 15.9 Å². The van der Waals surface area contributed by atoms with Gasteiger partial charge in [0.1, 0.15) is 29.6 Å². The quantitative estimate of drug-likeness (QED) is 0.442. The molecule has 30 heavy (non-hydrogen) atoms. The Labute approximate surface area is 187 Å². The van der Waals surface area contributed by atoms with E-state index in [0.717, 1.165) is 4.47 Å². The smallest absolute Gasteiger partial charge is 0.261 e. The first-order chi connectivity index (χ1) is 14.4. The van der Waals surface area contributed by atoms with Gasteiger partial charge in [-0.3, -0.25) is 10.1 Å². The minimum absolute atomic E-state index is 0.119. The molecule has 0 fully saturated rings. The lowest BCUT2D eigenvalue weighted by Gasteiger charge is -2.13. The van der Waals surface area contributed by atoms with E-state index in [4.69, 9.17) is 26.1 Å². The van der Waals surface area contributed by atoms with Crippen molar-refractivity contribution in [1.82, 2.24) is 5.32 Å². The number of furan rings is 1. The number of halogens is 1. The van der Waals surface area contributed by atoms with Crippen LogP contribution in [-0.2, 0) is 6.61 Å². The Morgan fingerprint density at radius 1 is 1.10 bits per heavy atom. The van der Waals surface area contributed by atoms with Crippen LogP contribution >= 0.6 is 28.1 Å². The van der Waals surface area contributed by atoms with Crippen LogP contribution in [-0.4, -0.2) is 30.3 Å². The molecular weight excluding hydrogens is 472 g/mol. The second-order valence-electron chi connectivity index (χ2n) is 6.09. The van der Waals surface area contributed by atoms with E-state index < -0.39 is 5.91 Å². The van der Waals surface area contributed by atoms with Crippen LogP contribution in [0.15, 0.2) is 57.4 Å². The highest BCUT2D eigenvalue weighted by Gasteiger charge is 2.16. The van der Waals surface area contributed by atoms with E-state index in [1.165, 1.54) is 7.11 Å². The number of ether oxygens (including phenoxy) is 2. The first kappa shape index (κ1) is 21.8. The molecule has 2 aromatic carbocycles. The summed E-state index contributed by atoms with van der Waals surface area (Å²) in [6.07, 6.45) is 0. The topological polar surface area (TPSA) is 93.0 Å². The van der Waals surface area contributed by atoms with Crippen LogP contribution in [0.2, 0.25) is 0 Å². The highest BCUT2D eigenvalue weighted by Crippen LogP contribution is 2.34. The van der Waals surface area contributed by atoms with Crippen LogP contribution < -0.4 is 20.1 Å². The van der Waals surface area contributed by atoms with Crippen molar-refractivity contribution in [2.75, 3.05) is 19.5 Å². The average Bonchev–Trinajstić information content (AvgIpc) is 3.22. The molecule has 0 bridgehead atoms. The lowest BCUT2D eigenvalue weighted by molar-refractivity contribution is 0.0974. The molecule has 0 saturated heterocycles. The van der Waals surface area contributed by atoms with Gasteiger partial charge in [-0.15, -0.1) is 0 Å². The van der Waals surface area contributed by atoms with Crippen LogP contribution in [0, 0.1) is 0 Å². The summed E-state index contributed by atoms with van der Waals surface area (Å²) in [6.45, 7) is -0.199. The van der Waals surface area contributed by atoms with Gasteiger partial charge in [0.25, 0.3) is 5.91 Å². The molecule has 1 aromatic heterocycles. The van der Waals surface area contributed by atoms with Crippen molar-refractivity contribution in [3.8, 4) is 22.8 Å². The minimum atomic E-state index is -0.405. The molecule has 0 radical (unpaired) electrons. The van der Waals surface area contributed by atoms with E-state index in [1.54, 1.807) is 55.6 Å². The zero-order valence-electron chi connectivity index (χ0n) is 16.2. The Morgan fingerprint density at radius 3 is 2.50 bits per heavy atom. The normalized spacial score (nSPS) is 10.4. The molecule has 1 heterocycles. The van der Waals surface area contributed by atoms with Gasteiger partial charge in [-0.05, 0) is 60.7 Å². The number of benzene rings is 2. The van der Waals surface area contributed by atoms with Crippen molar-refractivity contribution in [3.63, 3.8) is 0 Å². The number of carbonyl (C=O) groups is 1. The maximum absolute atomic E-state index is 12.6.